The molecule has 1 aromatic heterocycles. The fourth-order valence-electron chi connectivity index (χ4n) is 5.53. The summed E-state index contributed by atoms with van der Waals surface area (Å²) in [5, 5.41) is 11.4. The Morgan fingerprint density at radius 2 is 1.67 bits per heavy atom. The van der Waals surface area contributed by atoms with E-state index in [2.05, 4.69) is 48.5 Å². The molecular formula is C35H48N6O2. The van der Waals surface area contributed by atoms with E-state index in [1.807, 2.05) is 19.9 Å². The van der Waals surface area contributed by atoms with Crippen LogP contribution >= 0.6 is 0 Å². The predicted molar refractivity (Wildman–Crippen MR) is 180 cm³/mol. The Balaban J connectivity index is 1.95. The lowest BCUT2D eigenvalue weighted by Gasteiger charge is -2.31. The maximum Gasteiger partial charge on any atom is 0.144 e. The molecule has 3 heterocycles. The number of aliphatic imine (C=N–C) groups is 4. The second kappa shape index (κ2) is 12.6. The van der Waals surface area contributed by atoms with Gasteiger partial charge in [-0.25, -0.2) is 9.97 Å². The van der Waals surface area contributed by atoms with Gasteiger partial charge in [-0.2, -0.15) is 0 Å². The summed E-state index contributed by atoms with van der Waals surface area (Å²) in [5.41, 5.74) is 5.88. The van der Waals surface area contributed by atoms with E-state index in [0.717, 1.165) is 24.0 Å². The maximum absolute atomic E-state index is 13.3. The first-order valence-electron chi connectivity index (χ1n) is 15.6. The van der Waals surface area contributed by atoms with Crippen LogP contribution in [0.4, 0.5) is 0 Å². The van der Waals surface area contributed by atoms with E-state index >= 15 is 0 Å². The molecule has 43 heavy (non-hydrogen) atoms. The number of hydrogen-bond donors (Lipinski definition) is 1. The SMILES string of the molecule is C/C=C(/C)c1nc2c(C3=NCC(C(C)(C)CC)N=C3)c(O)cc(CCC)c2nc1C(C(C)=O)C1=NCC(C(C)(C)C)N=C1. The molecule has 8 heteroatoms. The molecule has 2 aliphatic heterocycles. The first-order chi connectivity index (χ1) is 20.2. The number of hydrogen-bond acceptors (Lipinski definition) is 8. The van der Waals surface area contributed by atoms with Gasteiger partial charge in [-0.1, -0.05) is 61.0 Å². The van der Waals surface area contributed by atoms with Crippen LogP contribution in [0.2, 0.25) is 0 Å². The number of rotatable bonds is 9. The smallest absolute Gasteiger partial charge is 0.144 e. The van der Waals surface area contributed by atoms with Crippen molar-refractivity contribution in [3.05, 3.63) is 34.7 Å². The third-order valence-electron chi connectivity index (χ3n) is 9.05. The second-order valence-electron chi connectivity index (χ2n) is 13.6. The molecule has 0 fully saturated rings. The average Bonchev–Trinajstić information content (AvgIpc) is 2.96. The summed E-state index contributed by atoms with van der Waals surface area (Å²) in [4.78, 5) is 43.1. The molecule has 1 N–H and O–H groups in total. The molecule has 2 aromatic rings. The first-order valence-corrected chi connectivity index (χ1v) is 15.6. The predicted octanol–water partition coefficient (Wildman–Crippen LogP) is 7.00. The summed E-state index contributed by atoms with van der Waals surface area (Å²) in [6.07, 6.45) is 8.05. The molecule has 8 nitrogen and oxygen atoms in total. The normalized spacial score (nSPS) is 20.3. The van der Waals surface area contributed by atoms with Crippen molar-refractivity contribution < 1.29 is 9.90 Å². The van der Waals surface area contributed by atoms with Crippen LogP contribution < -0.4 is 0 Å². The van der Waals surface area contributed by atoms with E-state index in [1.54, 1.807) is 25.4 Å². The van der Waals surface area contributed by atoms with Crippen LogP contribution in [0.3, 0.4) is 0 Å². The summed E-state index contributed by atoms with van der Waals surface area (Å²) < 4.78 is 0. The third kappa shape index (κ3) is 6.53. The Morgan fingerprint density at radius 1 is 1.00 bits per heavy atom. The van der Waals surface area contributed by atoms with E-state index in [0.29, 0.717) is 58.9 Å². The third-order valence-corrected chi connectivity index (χ3v) is 9.05. The summed E-state index contributed by atoms with van der Waals surface area (Å²) in [6.45, 7) is 21.7. The summed E-state index contributed by atoms with van der Waals surface area (Å²) in [7, 11) is 0. The minimum Gasteiger partial charge on any atom is -0.507 e. The van der Waals surface area contributed by atoms with E-state index < -0.39 is 5.92 Å². The van der Waals surface area contributed by atoms with Gasteiger partial charge in [0.2, 0.25) is 0 Å². The van der Waals surface area contributed by atoms with Crippen molar-refractivity contribution in [3.8, 4) is 5.75 Å². The van der Waals surface area contributed by atoms with E-state index in [1.165, 1.54) is 0 Å². The highest BCUT2D eigenvalue weighted by molar-refractivity contribution is 6.42. The number of carbonyl (C=O) groups excluding carboxylic acids is 1. The average molecular weight is 585 g/mol. The van der Waals surface area contributed by atoms with Gasteiger partial charge in [-0.05, 0) is 61.6 Å². The number of ketones is 1. The number of benzene rings is 1. The number of fused-ring (bicyclic) bond motifs is 1. The molecule has 3 unspecified atom stereocenters. The van der Waals surface area contributed by atoms with Gasteiger partial charge >= 0.3 is 0 Å². The van der Waals surface area contributed by atoms with Crippen LogP contribution in [0.1, 0.15) is 111 Å². The van der Waals surface area contributed by atoms with Gasteiger partial charge in [0.05, 0.1) is 59.1 Å². The monoisotopic (exact) mass is 584 g/mol. The molecule has 4 rings (SSSR count). The molecule has 230 valence electrons. The number of nitrogens with zero attached hydrogens (tertiary/aromatic N) is 6. The lowest BCUT2D eigenvalue weighted by molar-refractivity contribution is -0.117. The number of Topliss-reactive ketones (excluding diaryl/α,β-unsaturated/α-hetero) is 1. The van der Waals surface area contributed by atoms with E-state index in [-0.39, 0.29) is 34.4 Å². The van der Waals surface area contributed by atoms with Gasteiger partial charge in [0.25, 0.3) is 0 Å². The molecule has 0 amide bonds. The molecule has 0 bridgehead atoms. The highest BCUT2D eigenvalue weighted by Crippen LogP contribution is 2.36. The molecule has 1 aromatic carbocycles. The molecule has 2 aliphatic rings. The van der Waals surface area contributed by atoms with Crippen LogP contribution in [0, 0.1) is 10.8 Å². The number of allylic oxidation sites excluding steroid dienone is 2. The Morgan fingerprint density at radius 3 is 2.19 bits per heavy atom. The Labute approximate surface area is 256 Å². The summed E-state index contributed by atoms with van der Waals surface area (Å²) >= 11 is 0. The fourth-order valence-corrected chi connectivity index (χ4v) is 5.53. The van der Waals surface area contributed by atoms with Gasteiger partial charge in [0.15, 0.2) is 0 Å². The van der Waals surface area contributed by atoms with Crippen molar-refractivity contribution in [1.29, 1.82) is 0 Å². The van der Waals surface area contributed by atoms with Gasteiger partial charge in [0, 0.05) is 12.4 Å². The van der Waals surface area contributed by atoms with Crippen LogP contribution in [-0.4, -0.2) is 69.9 Å². The largest absolute Gasteiger partial charge is 0.507 e. The minimum absolute atomic E-state index is 0.0191. The fraction of sp³-hybridized carbons (Fsp3) is 0.571. The second-order valence-corrected chi connectivity index (χ2v) is 13.6. The maximum atomic E-state index is 13.3. The van der Waals surface area contributed by atoms with Gasteiger partial charge < -0.3 is 5.11 Å². The van der Waals surface area contributed by atoms with Gasteiger partial charge in [0.1, 0.15) is 23.0 Å². The van der Waals surface area contributed by atoms with Crippen molar-refractivity contribution in [1.82, 2.24) is 9.97 Å². The molecule has 0 saturated heterocycles. The van der Waals surface area contributed by atoms with Crippen molar-refractivity contribution in [3.63, 3.8) is 0 Å². The quantitative estimate of drug-likeness (QED) is 0.342. The standard InChI is InChI=1S/C35H48N6O2/c1-11-14-22-15-25(43)29(24-17-39-27(19-37-24)35(9,10)13-3)33-31(22)41-32(30(40-33)20(4)12-2)28(21(5)42)23-16-38-26(18-36-23)34(6,7)8/h12,15-17,26-28,43H,11,13-14,18-19H2,1-10H3/b20-12-. The van der Waals surface area contributed by atoms with E-state index in [4.69, 9.17) is 29.9 Å². The number of aromatic hydroxyl groups is 1. The highest BCUT2D eigenvalue weighted by atomic mass is 16.3. The molecular weight excluding hydrogens is 536 g/mol. The van der Waals surface area contributed by atoms with Crippen molar-refractivity contribution in [2.24, 2.45) is 30.8 Å². The first kappa shape index (κ1) is 32.4. The molecule has 0 spiro atoms. The number of carbonyl (C=O) groups is 1. The van der Waals surface area contributed by atoms with Crippen LogP contribution in [0.5, 0.6) is 5.75 Å². The summed E-state index contributed by atoms with van der Waals surface area (Å²) in [6, 6.07) is 1.89. The topological polar surface area (TPSA) is 113 Å². The van der Waals surface area contributed by atoms with Crippen molar-refractivity contribution >= 4 is 46.2 Å². The van der Waals surface area contributed by atoms with Crippen molar-refractivity contribution in [2.75, 3.05) is 13.1 Å². The molecule has 3 atom stereocenters. The summed E-state index contributed by atoms with van der Waals surface area (Å²) in [5.74, 6) is -0.660. The Bertz CT molecular complexity index is 1550. The zero-order chi connectivity index (χ0) is 31.7. The number of phenolic OH excluding ortho intramolecular Hbond substituents is 1. The molecule has 0 saturated carbocycles. The van der Waals surface area contributed by atoms with Crippen LogP contribution in [0.15, 0.2) is 32.1 Å². The minimum atomic E-state index is -0.705. The zero-order valence-electron chi connectivity index (χ0n) is 27.6. The zero-order valence-corrected chi connectivity index (χ0v) is 27.6. The van der Waals surface area contributed by atoms with Crippen molar-refractivity contribution in [2.45, 2.75) is 107 Å². The lowest BCUT2D eigenvalue weighted by Crippen LogP contribution is -2.34. The number of aryl methyl sites for hydroxylation is 1. The van der Waals surface area contributed by atoms with Gasteiger partial charge in [-0.15, -0.1) is 0 Å². The lowest BCUT2D eigenvalue weighted by atomic mass is 9.81. The number of aromatic nitrogens is 2. The van der Waals surface area contributed by atoms with Crippen LogP contribution in [0.25, 0.3) is 16.6 Å². The Kier molecular flexibility index (Phi) is 9.48. The van der Waals surface area contributed by atoms with E-state index in [9.17, 15) is 9.90 Å². The molecule has 0 aliphatic carbocycles. The van der Waals surface area contributed by atoms with Gasteiger partial charge in [-0.3, -0.25) is 24.8 Å². The highest BCUT2D eigenvalue weighted by Gasteiger charge is 2.34. The number of phenols is 1. The van der Waals surface area contributed by atoms with Crippen LogP contribution in [-0.2, 0) is 11.2 Å². The Hall–Kier alpha value is -3.55. The molecule has 0 radical (unpaired) electrons.